The fourth-order valence-corrected chi connectivity index (χ4v) is 0.953. The van der Waals surface area contributed by atoms with Crippen LogP contribution in [0.15, 0.2) is 0 Å². The van der Waals surface area contributed by atoms with Gasteiger partial charge in [0, 0.05) is 7.05 Å². The normalized spacial score (nSPS) is 10.0. The van der Waals surface area contributed by atoms with Crippen molar-refractivity contribution in [2.24, 2.45) is 7.05 Å². The summed E-state index contributed by atoms with van der Waals surface area (Å²) >= 11 is 0. The summed E-state index contributed by atoms with van der Waals surface area (Å²) in [4.78, 5) is 20.0. The predicted octanol–water partition coefficient (Wildman–Crippen LogP) is -1.000. The number of carboxylic acids is 1. The molecule has 1 heterocycles. The van der Waals surface area contributed by atoms with Gasteiger partial charge >= 0.3 is 5.69 Å². The number of aromatic nitrogens is 2. The highest BCUT2D eigenvalue weighted by Crippen LogP contribution is 2.20. The minimum atomic E-state index is -1.64. The minimum absolute atomic E-state index is 0.184. The lowest BCUT2D eigenvalue weighted by atomic mass is 10.3. The predicted molar refractivity (Wildman–Crippen MR) is 38.9 cm³/mol. The highest BCUT2D eigenvalue weighted by atomic mass is 16.6. The smallest absolute Gasteiger partial charge is 0.319 e. The lowest BCUT2D eigenvalue weighted by molar-refractivity contribution is -0.386. The monoisotopic (exact) mass is 184 g/mol. The summed E-state index contributed by atoms with van der Waals surface area (Å²) in [5.74, 6) is -1.64. The van der Waals surface area contributed by atoms with Gasteiger partial charge in [-0.15, -0.1) is 0 Å². The molecule has 1 aromatic heterocycles. The standard InChI is InChI=1S/C6H7N3O4/c1-3-5(9(12)13)4(6(10)11)7-8(3)2/h1-2H3,(H,10,11)/p-1. The molecule has 0 atom stereocenters. The molecular weight excluding hydrogens is 178 g/mol. The molecule has 1 aromatic rings. The van der Waals surface area contributed by atoms with Crippen LogP contribution in [0.25, 0.3) is 0 Å². The first kappa shape index (κ1) is 9.17. The van der Waals surface area contributed by atoms with Crippen LogP contribution in [0.4, 0.5) is 5.69 Å². The lowest BCUT2D eigenvalue weighted by Gasteiger charge is -1.94. The third-order valence-corrected chi connectivity index (χ3v) is 1.68. The van der Waals surface area contributed by atoms with E-state index < -0.39 is 22.3 Å². The number of hydrogen-bond donors (Lipinski definition) is 0. The van der Waals surface area contributed by atoms with Crippen molar-refractivity contribution < 1.29 is 14.8 Å². The van der Waals surface area contributed by atoms with Gasteiger partial charge in [-0.1, -0.05) is 0 Å². The molecule has 7 nitrogen and oxygen atoms in total. The maximum atomic E-state index is 10.4. The van der Waals surface area contributed by atoms with E-state index in [-0.39, 0.29) is 5.69 Å². The third kappa shape index (κ3) is 1.35. The van der Waals surface area contributed by atoms with Crippen LogP contribution in [0.1, 0.15) is 16.2 Å². The zero-order chi connectivity index (χ0) is 10.2. The second kappa shape index (κ2) is 2.85. The van der Waals surface area contributed by atoms with E-state index in [4.69, 9.17) is 0 Å². The summed E-state index contributed by atoms with van der Waals surface area (Å²) in [7, 11) is 1.43. The van der Waals surface area contributed by atoms with Gasteiger partial charge in [0.15, 0.2) is 5.69 Å². The van der Waals surface area contributed by atoms with Gasteiger partial charge < -0.3 is 9.90 Å². The van der Waals surface area contributed by atoms with Crippen LogP contribution in [0.2, 0.25) is 0 Å². The van der Waals surface area contributed by atoms with Crippen LogP contribution < -0.4 is 5.11 Å². The van der Waals surface area contributed by atoms with Crippen molar-refractivity contribution in [3.8, 4) is 0 Å². The summed E-state index contributed by atoms with van der Waals surface area (Å²) in [5, 5.41) is 24.3. The number of nitrogens with zero attached hydrogens (tertiary/aromatic N) is 3. The average Bonchev–Trinajstić information content (AvgIpc) is 2.28. The van der Waals surface area contributed by atoms with E-state index >= 15 is 0 Å². The minimum Gasteiger partial charge on any atom is -0.543 e. The fraction of sp³-hybridized carbons (Fsp3) is 0.333. The topological polar surface area (TPSA) is 101 Å². The summed E-state index contributed by atoms with van der Waals surface area (Å²) in [6, 6.07) is 0. The van der Waals surface area contributed by atoms with Crippen LogP contribution >= 0.6 is 0 Å². The van der Waals surface area contributed by atoms with Gasteiger partial charge in [-0.05, 0) is 6.92 Å². The summed E-state index contributed by atoms with van der Waals surface area (Å²) < 4.78 is 1.13. The Hall–Kier alpha value is -1.92. The van der Waals surface area contributed by atoms with Crippen molar-refractivity contribution >= 4 is 11.7 Å². The summed E-state index contributed by atoms with van der Waals surface area (Å²) in [6.07, 6.45) is 0. The highest BCUT2D eigenvalue weighted by Gasteiger charge is 2.23. The van der Waals surface area contributed by atoms with Crippen LogP contribution in [0.3, 0.4) is 0 Å². The van der Waals surface area contributed by atoms with E-state index in [0.29, 0.717) is 0 Å². The Morgan fingerprint density at radius 1 is 1.62 bits per heavy atom. The van der Waals surface area contributed by atoms with E-state index in [1.165, 1.54) is 14.0 Å². The van der Waals surface area contributed by atoms with E-state index in [2.05, 4.69) is 5.10 Å². The first-order valence-electron chi connectivity index (χ1n) is 3.34. The first-order chi connectivity index (χ1) is 5.95. The molecule has 1 rings (SSSR count). The maximum absolute atomic E-state index is 10.4. The molecule has 0 aromatic carbocycles. The lowest BCUT2D eigenvalue weighted by Crippen LogP contribution is -2.23. The van der Waals surface area contributed by atoms with Crippen molar-refractivity contribution in [1.82, 2.24) is 9.78 Å². The molecule has 70 valence electrons. The molecule has 0 aliphatic rings. The molecule has 0 spiro atoms. The Bertz CT molecular complexity index is 381. The molecule has 13 heavy (non-hydrogen) atoms. The number of aryl methyl sites for hydroxylation is 1. The van der Waals surface area contributed by atoms with Gasteiger partial charge in [0.05, 0.1) is 10.9 Å². The SMILES string of the molecule is Cc1c([N+](=O)[O-])c(C(=O)[O-])nn1C. The molecule has 0 aliphatic carbocycles. The quantitative estimate of drug-likeness (QED) is 0.433. The number of carboxylic acid groups (broad SMARTS) is 1. The van der Waals surface area contributed by atoms with Crippen molar-refractivity contribution in [2.75, 3.05) is 0 Å². The molecule has 0 bridgehead atoms. The maximum Gasteiger partial charge on any atom is 0.319 e. The third-order valence-electron chi connectivity index (χ3n) is 1.68. The summed E-state index contributed by atoms with van der Waals surface area (Å²) in [5.41, 5.74) is -0.961. The molecule has 0 amide bonds. The van der Waals surface area contributed by atoms with Crippen LogP contribution in [-0.2, 0) is 7.05 Å². The average molecular weight is 184 g/mol. The molecule has 0 fully saturated rings. The Labute approximate surface area is 72.7 Å². The molecule has 0 aliphatic heterocycles. The van der Waals surface area contributed by atoms with E-state index in [9.17, 15) is 20.0 Å². The van der Waals surface area contributed by atoms with Gasteiger partial charge in [-0.2, -0.15) is 5.10 Å². The number of carbonyl (C=O) groups excluding carboxylic acids is 1. The highest BCUT2D eigenvalue weighted by molar-refractivity contribution is 5.88. The van der Waals surface area contributed by atoms with Gasteiger partial charge in [-0.3, -0.25) is 14.8 Å². The van der Waals surface area contributed by atoms with Crippen molar-refractivity contribution in [3.63, 3.8) is 0 Å². The molecule has 7 heteroatoms. The number of carbonyl (C=O) groups is 1. The van der Waals surface area contributed by atoms with Gasteiger partial charge in [-0.25, -0.2) is 0 Å². The molecule has 0 saturated heterocycles. The van der Waals surface area contributed by atoms with Crippen molar-refractivity contribution in [1.29, 1.82) is 0 Å². The Morgan fingerprint density at radius 3 is 2.46 bits per heavy atom. The Morgan fingerprint density at radius 2 is 2.15 bits per heavy atom. The Balaban J connectivity index is 3.44. The molecule has 0 saturated carbocycles. The first-order valence-corrected chi connectivity index (χ1v) is 3.34. The van der Waals surface area contributed by atoms with E-state index in [0.717, 1.165) is 4.68 Å². The fourth-order valence-electron chi connectivity index (χ4n) is 0.953. The number of hydrogen-bond acceptors (Lipinski definition) is 5. The second-order valence-electron chi connectivity index (χ2n) is 2.45. The van der Waals surface area contributed by atoms with Crippen LogP contribution in [0.5, 0.6) is 0 Å². The van der Waals surface area contributed by atoms with Crippen LogP contribution in [0, 0.1) is 17.0 Å². The van der Waals surface area contributed by atoms with E-state index in [1.54, 1.807) is 0 Å². The second-order valence-corrected chi connectivity index (χ2v) is 2.45. The van der Waals surface area contributed by atoms with E-state index in [1.807, 2.05) is 0 Å². The van der Waals surface area contributed by atoms with Crippen molar-refractivity contribution in [3.05, 3.63) is 21.5 Å². The number of rotatable bonds is 2. The number of aromatic carboxylic acids is 1. The van der Waals surface area contributed by atoms with Gasteiger partial charge in [0.1, 0.15) is 5.69 Å². The van der Waals surface area contributed by atoms with Gasteiger partial charge in [0.25, 0.3) is 0 Å². The van der Waals surface area contributed by atoms with Crippen molar-refractivity contribution in [2.45, 2.75) is 6.92 Å². The molecule has 0 N–H and O–H groups in total. The molecular formula is C6H6N3O4-. The number of nitro groups is 1. The van der Waals surface area contributed by atoms with Gasteiger partial charge in [0.2, 0.25) is 0 Å². The largest absolute Gasteiger partial charge is 0.543 e. The molecule has 0 radical (unpaired) electrons. The summed E-state index contributed by atoms with van der Waals surface area (Å²) in [6.45, 7) is 1.41. The molecule has 0 unspecified atom stereocenters. The Kier molecular flexibility index (Phi) is 2.01. The van der Waals surface area contributed by atoms with Crippen LogP contribution in [-0.4, -0.2) is 20.7 Å². The zero-order valence-electron chi connectivity index (χ0n) is 6.97. The zero-order valence-corrected chi connectivity index (χ0v) is 6.97.